The zero-order chi connectivity index (χ0) is 15.6. The van der Waals surface area contributed by atoms with E-state index in [0.717, 1.165) is 11.6 Å². The van der Waals surface area contributed by atoms with Gasteiger partial charge in [0.25, 0.3) is 5.91 Å². The Morgan fingerprint density at radius 1 is 1.33 bits per heavy atom. The Bertz CT molecular complexity index is 638. The lowest BCUT2D eigenvalue weighted by atomic mass is 10.1. The fraction of sp³-hybridized carbons (Fsp3) is 0.214. The van der Waals surface area contributed by atoms with E-state index in [9.17, 15) is 18.0 Å². The number of nitrogen functional groups attached to an aromatic ring is 1. The van der Waals surface area contributed by atoms with Crippen LogP contribution in [-0.2, 0) is 6.18 Å². The predicted octanol–water partition coefficient (Wildman–Crippen LogP) is 3.84. The second kappa shape index (κ2) is 5.77. The van der Waals surface area contributed by atoms with Gasteiger partial charge in [-0.05, 0) is 41.4 Å². The van der Waals surface area contributed by atoms with Crippen LogP contribution >= 0.6 is 11.3 Å². The number of halogens is 3. The summed E-state index contributed by atoms with van der Waals surface area (Å²) in [7, 11) is 0. The van der Waals surface area contributed by atoms with Crippen LogP contribution in [0.25, 0.3) is 0 Å². The molecule has 2 aromatic rings. The molecule has 0 aliphatic carbocycles. The maximum Gasteiger partial charge on any atom is 0.418 e. The number of nitrogens with one attached hydrogen (secondary N) is 1. The molecule has 3 N–H and O–H groups in total. The van der Waals surface area contributed by atoms with Crippen LogP contribution in [0.2, 0.25) is 0 Å². The molecule has 0 radical (unpaired) electrons. The maximum absolute atomic E-state index is 12.8. The van der Waals surface area contributed by atoms with Crippen LogP contribution in [0, 0.1) is 0 Å². The van der Waals surface area contributed by atoms with E-state index in [0.29, 0.717) is 0 Å². The van der Waals surface area contributed by atoms with Crippen LogP contribution in [0.5, 0.6) is 0 Å². The summed E-state index contributed by atoms with van der Waals surface area (Å²) in [5, 5.41) is 6.36. The highest BCUT2D eigenvalue weighted by atomic mass is 32.1. The Hall–Kier alpha value is -2.02. The van der Waals surface area contributed by atoms with Gasteiger partial charge in [0.1, 0.15) is 0 Å². The van der Waals surface area contributed by atoms with Gasteiger partial charge in [0.2, 0.25) is 0 Å². The largest absolute Gasteiger partial charge is 0.418 e. The van der Waals surface area contributed by atoms with E-state index in [1.54, 1.807) is 6.92 Å². The molecule has 3 nitrogen and oxygen atoms in total. The van der Waals surface area contributed by atoms with Gasteiger partial charge < -0.3 is 11.1 Å². The van der Waals surface area contributed by atoms with Crippen molar-refractivity contribution in [2.45, 2.75) is 19.1 Å². The molecule has 1 aromatic heterocycles. The molecule has 0 saturated carbocycles. The van der Waals surface area contributed by atoms with Gasteiger partial charge in [-0.3, -0.25) is 4.79 Å². The van der Waals surface area contributed by atoms with Crippen molar-refractivity contribution < 1.29 is 18.0 Å². The molecular formula is C14H13F3N2OS. The molecule has 0 aliphatic rings. The average molecular weight is 314 g/mol. The lowest BCUT2D eigenvalue weighted by Gasteiger charge is -2.16. The molecule has 1 atom stereocenters. The number of hydrogen-bond acceptors (Lipinski definition) is 3. The third kappa shape index (κ3) is 3.36. The van der Waals surface area contributed by atoms with Gasteiger partial charge >= 0.3 is 6.18 Å². The van der Waals surface area contributed by atoms with Gasteiger partial charge in [0.15, 0.2) is 0 Å². The first-order valence-electron chi connectivity index (χ1n) is 6.09. The summed E-state index contributed by atoms with van der Waals surface area (Å²) in [6, 6.07) is 4.83. The van der Waals surface area contributed by atoms with Gasteiger partial charge in [0.05, 0.1) is 22.9 Å². The molecule has 2 rings (SSSR count). The van der Waals surface area contributed by atoms with Crippen molar-refractivity contribution in [1.29, 1.82) is 0 Å². The molecule has 1 heterocycles. The summed E-state index contributed by atoms with van der Waals surface area (Å²) in [5.41, 5.74) is 4.64. The summed E-state index contributed by atoms with van der Waals surface area (Å²) >= 11 is 1.48. The molecule has 1 unspecified atom stereocenters. The van der Waals surface area contributed by atoms with E-state index in [4.69, 9.17) is 5.73 Å². The van der Waals surface area contributed by atoms with E-state index in [1.807, 2.05) is 16.8 Å². The van der Waals surface area contributed by atoms with Crippen molar-refractivity contribution in [2.75, 3.05) is 5.73 Å². The molecule has 1 aromatic carbocycles. The number of hydrogen-bond donors (Lipinski definition) is 2. The van der Waals surface area contributed by atoms with Crippen molar-refractivity contribution in [1.82, 2.24) is 5.32 Å². The topological polar surface area (TPSA) is 55.1 Å². The Morgan fingerprint density at radius 3 is 2.62 bits per heavy atom. The number of anilines is 1. The molecule has 0 bridgehead atoms. The molecular weight excluding hydrogens is 301 g/mol. The molecule has 0 fully saturated rings. The number of amides is 1. The Morgan fingerprint density at radius 2 is 2.05 bits per heavy atom. The molecule has 1 amide bonds. The minimum atomic E-state index is -4.58. The first kappa shape index (κ1) is 15.4. The number of alkyl halides is 3. The summed E-state index contributed by atoms with van der Waals surface area (Å²) in [6.45, 7) is 1.75. The normalized spacial score (nSPS) is 13.0. The van der Waals surface area contributed by atoms with Crippen molar-refractivity contribution in [3.05, 3.63) is 51.7 Å². The average Bonchev–Trinajstić information content (AvgIpc) is 2.91. The quantitative estimate of drug-likeness (QED) is 0.846. The second-order valence-corrected chi connectivity index (χ2v) is 5.30. The Labute approximate surface area is 123 Å². The zero-order valence-electron chi connectivity index (χ0n) is 11.1. The maximum atomic E-state index is 12.8. The minimum Gasteiger partial charge on any atom is -0.398 e. The lowest BCUT2D eigenvalue weighted by Crippen LogP contribution is -2.27. The first-order chi connectivity index (χ1) is 9.80. The van der Waals surface area contributed by atoms with Crippen LogP contribution in [0.3, 0.4) is 0 Å². The van der Waals surface area contributed by atoms with E-state index >= 15 is 0 Å². The van der Waals surface area contributed by atoms with Gasteiger partial charge in [-0.25, -0.2) is 0 Å². The summed E-state index contributed by atoms with van der Waals surface area (Å²) < 4.78 is 38.3. The highest BCUT2D eigenvalue weighted by Crippen LogP contribution is 2.35. The van der Waals surface area contributed by atoms with Crippen LogP contribution in [0.15, 0.2) is 35.0 Å². The van der Waals surface area contributed by atoms with Crippen LogP contribution in [0.4, 0.5) is 18.9 Å². The predicted molar refractivity (Wildman–Crippen MR) is 76.1 cm³/mol. The summed E-state index contributed by atoms with van der Waals surface area (Å²) in [4.78, 5) is 12.1. The molecule has 0 saturated heterocycles. The third-order valence-corrected chi connectivity index (χ3v) is 3.75. The first-order valence-corrected chi connectivity index (χ1v) is 7.03. The lowest BCUT2D eigenvalue weighted by molar-refractivity contribution is -0.136. The Balaban J connectivity index is 2.24. The molecule has 0 spiro atoms. The van der Waals surface area contributed by atoms with E-state index in [1.165, 1.54) is 23.5 Å². The number of para-hydroxylation sites is 1. The van der Waals surface area contributed by atoms with Crippen molar-refractivity contribution >= 4 is 22.9 Å². The van der Waals surface area contributed by atoms with Gasteiger partial charge in [-0.15, -0.1) is 0 Å². The third-order valence-electron chi connectivity index (χ3n) is 3.05. The fourth-order valence-electron chi connectivity index (χ4n) is 1.89. The summed E-state index contributed by atoms with van der Waals surface area (Å²) in [6.07, 6.45) is -4.58. The standard InChI is InChI=1S/C14H13F3N2OS/c1-8(9-5-6-21-7-9)19-13(20)10-3-2-4-11(12(10)18)14(15,16)17/h2-8H,18H2,1H3,(H,19,20). The highest BCUT2D eigenvalue weighted by Gasteiger charge is 2.34. The van der Waals surface area contributed by atoms with Gasteiger partial charge in [0, 0.05) is 0 Å². The number of carbonyl (C=O) groups excluding carboxylic acids is 1. The Kier molecular flexibility index (Phi) is 4.22. The number of rotatable bonds is 3. The number of carbonyl (C=O) groups is 1. The second-order valence-electron chi connectivity index (χ2n) is 4.52. The number of nitrogens with two attached hydrogens (primary N) is 1. The van der Waals surface area contributed by atoms with Crippen molar-refractivity contribution in [2.24, 2.45) is 0 Å². The minimum absolute atomic E-state index is 0.174. The molecule has 7 heteroatoms. The van der Waals surface area contributed by atoms with Crippen molar-refractivity contribution in [3.63, 3.8) is 0 Å². The number of thiophene rings is 1. The summed E-state index contributed by atoms with van der Waals surface area (Å²) in [5.74, 6) is -0.627. The molecule has 21 heavy (non-hydrogen) atoms. The van der Waals surface area contributed by atoms with Crippen LogP contribution in [-0.4, -0.2) is 5.91 Å². The van der Waals surface area contributed by atoms with Gasteiger partial charge in [-0.2, -0.15) is 24.5 Å². The van der Waals surface area contributed by atoms with Crippen LogP contribution in [0.1, 0.15) is 34.5 Å². The zero-order valence-corrected chi connectivity index (χ0v) is 11.9. The van der Waals surface area contributed by atoms with E-state index in [-0.39, 0.29) is 11.6 Å². The number of benzene rings is 1. The van der Waals surface area contributed by atoms with E-state index in [2.05, 4.69) is 5.32 Å². The SMILES string of the molecule is CC(NC(=O)c1cccc(C(F)(F)F)c1N)c1ccsc1. The highest BCUT2D eigenvalue weighted by molar-refractivity contribution is 7.07. The van der Waals surface area contributed by atoms with Crippen molar-refractivity contribution in [3.8, 4) is 0 Å². The van der Waals surface area contributed by atoms with E-state index < -0.39 is 23.3 Å². The monoisotopic (exact) mass is 314 g/mol. The fourth-order valence-corrected chi connectivity index (χ4v) is 2.64. The van der Waals surface area contributed by atoms with Crippen LogP contribution < -0.4 is 11.1 Å². The molecule has 0 aliphatic heterocycles. The van der Waals surface area contributed by atoms with Gasteiger partial charge in [-0.1, -0.05) is 6.07 Å². The molecule has 112 valence electrons. The smallest absolute Gasteiger partial charge is 0.398 e.